The van der Waals surface area contributed by atoms with E-state index in [0.717, 1.165) is 14.2 Å². The highest BCUT2D eigenvalue weighted by Crippen LogP contribution is 2.29. The molecular formula is C13H12BrF2NS. The first-order valence-electron chi connectivity index (χ1n) is 5.46. The van der Waals surface area contributed by atoms with Crippen LogP contribution in [0.15, 0.2) is 34.1 Å². The minimum absolute atomic E-state index is 0.103. The lowest BCUT2D eigenvalue weighted by atomic mass is 10.0. The molecule has 0 amide bonds. The molecule has 0 saturated carbocycles. The van der Waals surface area contributed by atoms with E-state index in [9.17, 15) is 8.78 Å². The number of thiophene rings is 1. The molecule has 1 aromatic heterocycles. The fraction of sp³-hybridized carbons (Fsp3) is 0.231. The standard InChI is InChI=1S/C13H12BrF2NS/c1-17-11(12-4-5-13(14)18-12)7-8-2-3-9(15)10(16)6-8/h2-6,11,17H,7H2,1H3. The van der Waals surface area contributed by atoms with Gasteiger partial charge in [0.05, 0.1) is 3.79 Å². The van der Waals surface area contributed by atoms with Crippen molar-refractivity contribution in [2.75, 3.05) is 7.05 Å². The van der Waals surface area contributed by atoms with Crippen molar-refractivity contribution < 1.29 is 8.78 Å². The molecule has 0 saturated heterocycles. The van der Waals surface area contributed by atoms with Gasteiger partial charge in [-0.3, -0.25) is 0 Å². The highest BCUT2D eigenvalue weighted by molar-refractivity contribution is 9.11. The molecule has 2 rings (SSSR count). The van der Waals surface area contributed by atoms with Gasteiger partial charge in [-0.15, -0.1) is 11.3 Å². The summed E-state index contributed by atoms with van der Waals surface area (Å²) in [6, 6.07) is 8.15. The van der Waals surface area contributed by atoms with Crippen molar-refractivity contribution in [3.05, 3.63) is 56.2 Å². The second kappa shape index (κ2) is 5.91. The smallest absolute Gasteiger partial charge is 0.159 e. The van der Waals surface area contributed by atoms with Crippen molar-refractivity contribution in [2.24, 2.45) is 0 Å². The molecule has 1 heterocycles. The summed E-state index contributed by atoms with van der Waals surface area (Å²) in [7, 11) is 1.86. The predicted octanol–water partition coefficient (Wildman–Crippen LogP) is 4.29. The molecule has 1 atom stereocenters. The summed E-state index contributed by atoms with van der Waals surface area (Å²) in [6.45, 7) is 0. The predicted molar refractivity (Wildman–Crippen MR) is 73.9 cm³/mol. The van der Waals surface area contributed by atoms with Crippen molar-refractivity contribution >= 4 is 27.3 Å². The summed E-state index contributed by atoms with van der Waals surface area (Å²) in [5, 5.41) is 3.19. The van der Waals surface area contributed by atoms with Crippen molar-refractivity contribution in [1.82, 2.24) is 5.32 Å². The molecule has 0 aliphatic heterocycles. The van der Waals surface area contributed by atoms with Gasteiger partial charge < -0.3 is 5.32 Å². The average molecular weight is 332 g/mol. The number of hydrogen-bond donors (Lipinski definition) is 1. The molecule has 0 radical (unpaired) electrons. The van der Waals surface area contributed by atoms with Gasteiger partial charge in [0, 0.05) is 10.9 Å². The van der Waals surface area contributed by atoms with Crippen molar-refractivity contribution in [2.45, 2.75) is 12.5 Å². The third-order valence-electron chi connectivity index (χ3n) is 2.71. The van der Waals surface area contributed by atoms with E-state index in [0.29, 0.717) is 6.42 Å². The third-order valence-corrected chi connectivity index (χ3v) is 4.45. The van der Waals surface area contributed by atoms with E-state index in [-0.39, 0.29) is 6.04 Å². The van der Waals surface area contributed by atoms with Crippen LogP contribution >= 0.6 is 27.3 Å². The Labute approximate surface area is 117 Å². The zero-order valence-corrected chi connectivity index (χ0v) is 12.1. The Kier molecular flexibility index (Phi) is 4.48. The zero-order chi connectivity index (χ0) is 13.1. The maximum atomic E-state index is 13.1. The number of hydrogen-bond acceptors (Lipinski definition) is 2. The largest absolute Gasteiger partial charge is 0.312 e. The van der Waals surface area contributed by atoms with Crippen LogP contribution in [0.25, 0.3) is 0 Å². The minimum Gasteiger partial charge on any atom is -0.312 e. The average Bonchev–Trinajstić information content (AvgIpc) is 2.77. The number of nitrogens with one attached hydrogen (secondary N) is 1. The van der Waals surface area contributed by atoms with Crippen LogP contribution in [-0.2, 0) is 6.42 Å². The van der Waals surface area contributed by atoms with Crippen LogP contribution in [0.1, 0.15) is 16.5 Å². The number of halogens is 3. The molecule has 5 heteroatoms. The van der Waals surface area contributed by atoms with Crippen LogP contribution in [0.4, 0.5) is 8.78 Å². The van der Waals surface area contributed by atoms with Gasteiger partial charge in [-0.05, 0) is 59.2 Å². The fourth-order valence-electron chi connectivity index (χ4n) is 1.76. The van der Waals surface area contributed by atoms with Gasteiger partial charge >= 0.3 is 0 Å². The first-order valence-corrected chi connectivity index (χ1v) is 7.07. The molecule has 0 bridgehead atoms. The SMILES string of the molecule is CNC(Cc1ccc(F)c(F)c1)c1ccc(Br)s1. The fourth-order valence-corrected chi connectivity index (χ4v) is 3.30. The van der Waals surface area contributed by atoms with Gasteiger partial charge in [0.2, 0.25) is 0 Å². The Balaban J connectivity index is 2.17. The first kappa shape index (κ1) is 13.6. The summed E-state index contributed by atoms with van der Waals surface area (Å²) in [6.07, 6.45) is 0.626. The molecule has 2 aromatic rings. The molecule has 0 aliphatic carbocycles. The Morgan fingerprint density at radius 2 is 2.00 bits per heavy atom. The van der Waals surface area contributed by atoms with E-state index in [1.165, 1.54) is 12.1 Å². The van der Waals surface area contributed by atoms with Crippen LogP contribution in [0, 0.1) is 11.6 Å². The van der Waals surface area contributed by atoms with E-state index in [1.807, 2.05) is 19.2 Å². The molecule has 1 unspecified atom stereocenters. The normalized spacial score (nSPS) is 12.7. The van der Waals surface area contributed by atoms with Crippen molar-refractivity contribution in [1.29, 1.82) is 0 Å². The molecule has 0 spiro atoms. The summed E-state index contributed by atoms with van der Waals surface area (Å²) in [4.78, 5) is 1.16. The second-order valence-corrected chi connectivity index (χ2v) is 6.43. The van der Waals surface area contributed by atoms with Gasteiger partial charge in [-0.2, -0.15) is 0 Å². The van der Waals surface area contributed by atoms with Gasteiger partial charge in [0.15, 0.2) is 11.6 Å². The topological polar surface area (TPSA) is 12.0 Å². The summed E-state index contributed by atoms with van der Waals surface area (Å²) in [5.74, 6) is -1.60. The molecule has 0 fully saturated rings. The molecule has 96 valence electrons. The zero-order valence-electron chi connectivity index (χ0n) is 9.71. The Morgan fingerprint density at radius 1 is 1.22 bits per heavy atom. The first-order chi connectivity index (χ1) is 8.60. The Hall–Kier alpha value is -0.780. The Morgan fingerprint density at radius 3 is 2.56 bits per heavy atom. The van der Waals surface area contributed by atoms with Crippen LogP contribution in [-0.4, -0.2) is 7.05 Å². The van der Waals surface area contributed by atoms with Gasteiger partial charge in [-0.25, -0.2) is 8.78 Å². The molecule has 0 aliphatic rings. The summed E-state index contributed by atoms with van der Waals surface area (Å²) in [5.41, 5.74) is 0.776. The quantitative estimate of drug-likeness (QED) is 0.881. The highest BCUT2D eigenvalue weighted by Gasteiger charge is 2.13. The molecule has 1 N–H and O–H groups in total. The second-order valence-electron chi connectivity index (χ2n) is 3.94. The van der Waals surface area contributed by atoms with Crippen molar-refractivity contribution in [3.8, 4) is 0 Å². The maximum Gasteiger partial charge on any atom is 0.159 e. The third kappa shape index (κ3) is 3.16. The van der Waals surface area contributed by atoms with Crippen LogP contribution in [0.3, 0.4) is 0 Å². The highest BCUT2D eigenvalue weighted by atomic mass is 79.9. The molecule has 18 heavy (non-hydrogen) atoms. The lowest BCUT2D eigenvalue weighted by Crippen LogP contribution is -2.17. The van der Waals surface area contributed by atoms with E-state index in [2.05, 4.69) is 21.2 Å². The van der Waals surface area contributed by atoms with Gasteiger partial charge in [0.1, 0.15) is 0 Å². The number of likely N-dealkylation sites (N-methyl/N-ethyl adjacent to an activating group) is 1. The van der Waals surface area contributed by atoms with E-state index in [4.69, 9.17) is 0 Å². The molecular weight excluding hydrogens is 320 g/mol. The number of rotatable bonds is 4. The molecule has 1 aromatic carbocycles. The van der Waals surface area contributed by atoms with E-state index < -0.39 is 11.6 Å². The van der Waals surface area contributed by atoms with Crippen LogP contribution in [0.2, 0.25) is 0 Å². The molecule has 1 nitrogen and oxygen atoms in total. The van der Waals surface area contributed by atoms with Gasteiger partial charge in [0.25, 0.3) is 0 Å². The van der Waals surface area contributed by atoms with Crippen LogP contribution in [0.5, 0.6) is 0 Å². The van der Waals surface area contributed by atoms with Crippen LogP contribution < -0.4 is 5.32 Å². The van der Waals surface area contributed by atoms with Gasteiger partial charge in [-0.1, -0.05) is 6.07 Å². The lowest BCUT2D eigenvalue weighted by Gasteiger charge is -2.14. The number of benzene rings is 1. The monoisotopic (exact) mass is 331 g/mol. The van der Waals surface area contributed by atoms with E-state index >= 15 is 0 Å². The van der Waals surface area contributed by atoms with Crippen molar-refractivity contribution in [3.63, 3.8) is 0 Å². The minimum atomic E-state index is -0.807. The maximum absolute atomic E-state index is 13.1. The summed E-state index contributed by atoms with van der Waals surface area (Å²) < 4.78 is 27.0. The Bertz CT molecular complexity index is 542. The van der Waals surface area contributed by atoms with E-state index in [1.54, 1.807) is 17.4 Å². The summed E-state index contributed by atoms with van der Waals surface area (Å²) >= 11 is 5.05. The lowest BCUT2D eigenvalue weighted by molar-refractivity contribution is 0.505.